The molecule has 1 unspecified atom stereocenters. The molecule has 5 nitrogen and oxygen atoms in total. The molecule has 0 amide bonds. The van der Waals surface area contributed by atoms with Crippen molar-refractivity contribution in [2.45, 2.75) is 19.4 Å². The highest BCUT2D eigenvalue weighted by molar-refractivity contribution is 5.89. The fourth-order valence-corrected chi connectivity index (χ4v) is 1.41. The molecule has 0 saturated carbocycles. The molecule has 1 rings (SSSR count). The molecule has 0 aliphatic rings. The van der Waals surface area contributed by atoms with Gasteiger partial charge in [-0.15, -0.1) is 0 Å². The van der Waals surface area contributed by atoms with Crippen LogP contribution in [-0.2, 0) is 0 Å². The Morgan fingerprint density at radius 3 is 2.80 bits per heavy atom. The molecular formula is C10H11N3O2. The van der Waals surface area contributed by atoms with Crippen molar-refractivity contribution in [2.24, 2.45) is 5.11 Å². The molecule has 0 aliphatic carbocycles. The lowest BCUT2D eigenvalue weighted by atomic mass is 9.99. The predicted molar refractivity (Wildman–Crippen MR) is 55.6 cm³/mol. The first kappa shape index (κ1) is 11.1. The minimum atomic E-state index is -1.00. The van der Waals surface area contributed by atoms with Gasteiger partial charge in [0.05, 0.1) is 11.6 Å². The Labute approximate surface area is 87.0 Å². The average Bonchev–Trinajstić information content (AvgIpc) is 2.26. The summed E-state index contributed by atoms with van der Waals surface area (Å²) in [6.45, 7) is 1.85. The van der Waals surface area contributed by atoms with Crippen LogP contribution in [0.1, 0.15) is 35.3 Å². The molecule has 0 saturated heterocycles. The van der Waals surface area contributed by atoms with Crippen LogP contribution in [0.25, 0.3) is 10.4 Å². The van der Waals surface area contributed by atoms with Gasteiger partial charge in [0.25, 0.3) is 0 Å². The lowest BCUT2D eigenvalue weighted by Gasteiger charge is -2.11. The van der Waals surface area contributed by atoms with E-state index in [-0.39, 0.29) is 5.56 Å². The number of carboxylic acid groups (broad SMARTS) is 1. The summed E-state index contributed by atoms with van der Waals surface area (Å²) in [4.78, 5) is 13.6. The van der Waals surface area contributed by atoms with Gasteiger partial charge < -0.3 is 5.11 Å². The Balaban J connectivity index is 3.21. The number of aromatic carboxylic acids is 1. The fraction of sp³-hybridized carbons (Fsp3) is 0.300. The third kappa shape index (κ3) is 2.48. The van der Waals surface area contributed by atoms with Crippen molar-refractivity contribution in [3.05, 3.63) is 45.8 Å². The molecule has 0 bridgehead atoms. The zero-order valence-electron chi connectivity index (χ0n) is 8.29. The molecule has 0 heterocycles. The van der Waals surface area contributed by atoms with E-state index in [2.05, 4.69) is 10.0 Å². The van der Waals surface area contributed by atoms with Crippen molar-refractivity contribution in [3.63, 3.8) is 0 Å². The van der Waals surface area contributed by atoms with E-state index in [0.717, 1.165) is 0 Å². The molecule has 1 aromatic carbocycles. The number of hydrogen-bond acceptors (Lipinski definition) is 2. The van der Waals surface area contributed by atoms with E-state index < -0.39 is 12.0 Å². The summed E-state index contributed by atoms with van der Waals surface area (Å²) in [5.74, 6) is -1.00. The first-order valence-electron chi connectivity index (χ1n) is 4.57. The van der Waals surface area contributed by atoms with Crippen molar-refractivity contribution >= 4 is 5.97 Å². The van der Waals surface area contributed by atoms with Gasteiger partial charge in [0.2, 0.25) is 0 Å². The van der Waals surface area contributed by atoms with Gasteiger partial charge in [-0.3, -0.25) is 0 Å². The zero-order chi connectivity index (χ0) is 11.3. The van der Waals surface area contributed by atoms with Crippen LogP contribution in [0.5, 0.6) is 0 Å². The second-order valence-electron chi connectivity index (χ2n) is 3.02. The van der Waals surface area contributed by atoms with Gasteiger partial charge in [-0.1, -0.05) is 30.2 Å². The highest BCUT2D eigenvalue weighted by Gasteiger charge is 2.15. The maximum absolute atomic E-state index is 10.9. The fourth-order valence-electron chi connectivity index (χ4n) is 1.41. The lowest BCUT2D eigenvalue weighted by molar-refractivity contribution is 0.0695. The minimum absolute atomic E-state index is 0.191. The summed E-state index contributed by atoms with van der Waals surface area (Å²) < 4.78 is 0. The second-order valence-corrected chi connectivity index (χ2v) is 3.02. The first-order valence-corrected chi connectivity index (χ1v) is 4.57. The van der Waals surface area contributed by atoms with E-state index in [1.807, 2.05) is 6.92 Å². The first-order chi connectivity index (χ1) is 7.20. The summed E-state index contributed by atoms with van der Waals surface area (Å²) in [5, 5.41) is 12.5. The predicted octanol–water partition coefficient (Wildman–Crippen LogP) is 3.15. The van der Waals surface area contributed by atoms with Crippen LogP contribution in [0, 0.1) is 0 Å². The third-order valence-electron chi connectivity index (χ3n) is 2.13. The number of hydrogen-bond donors (Lipinski definition) is 1. The van der Waals surface area contributed by atoms with Gasteiger partial charge in [0.15, 0.2) is 0 Å². The van der Waals surface area contributed by atoms with E-state index in [0.29, 0.717) is 12.0 Å². The van der Waals surface area contributed by atoms with Crippen LogP contribution in [0.3, 0.4) is 0 Å². The summed E-state index contributed by atoms with van der Waals surface area (Å²) in [5.41, 5.74) is 9.12. The Morgan fingerprint density at radius 2 is 2.27 bits per heavy atom. The third-order valence-corrected chi connectivity index (χ3v) is 2.13. The topological polar surface area (TPSA) is 86.1 Å². The largest absolute Gasteiger partial charge is 0.478 e. The van der Waals surface area contributed by atoms with Crippen molar-refractivity contribution in [2.75, 3.05) is 0 Å². The van der Waals surface area contributed by atoms with Gasteiger partial charge in [-0.2, -0.15) is 0 Å². The van der Waals surface area contributed by atoms with Gasteiger partial charge in [-0.05, 0) is 23.6 Å². The molecule has 1 aromatic rings. The SMILES string of the molecule is CCC(N=[N+]=[N-])c1ccccc1C(=O)O. The highest BCUT2D eigenvalue weighted by atomic mass is 16.4. The normalized spacial score (nSPS) is 11.5. The van der Waals surface area contributed by atoms with Gasteiger partial charge in [-0.25, -0.2) is 4.79 Å². The molecule has 78 valence electrons. The van der Waals surface area contributed by atoms with E-state index in [1.54, 1.807) is 18.2 Å². The molecule has 0 fully saturated rings. The van der Waals surface area contributed by atoms with Crippen LogP contribution < -0.4 is 0 Å². The quantitative estimate of drug-likeness (QED) is 0.465. The molecule has 15 heavy (non-hydrogen) atoms. The lowest BCUT2D eigenvalue weighted by Crippen LogP contribution is -2.04. The molecule has 1 N–H and O–H groups in total. The van der Waals surface area contributed by atoms with Gasteiger partial charge in [0, 0.05) is 4.91 Å². The maximum Gasteiger partial charge on any atom is 0.335 e. The van der Waals surface area contributed by atoms with Crippen molar-refractivity contribution in [1.29, 1.82) is 0 Å². The molecule has 0 aliphatic heterocycles. The van der Waals surface area contributed by atoms with E-state index >= 15 is 0 Å². The number of benzene rings is 1. The summed E-state index contributed by atoms with van der Waals surface area (Å²) >= 11 is 0. The monoisotopic (exact) mass is 205 g/mol. The number of carbonyl (C=O) groups is 1. The van der Waals surface area contributed by atoms with Crippen LogP contribution in [0.15, 0.2) is 29.4 Å². The van der Waals surface area contributed by atoms with Crippen molar-refractivity contribution < 1.29 is 9.90 Å². The molecule has 0 aromatic heterocycles. The smallest absolute Gasteiger partial charge is 0.335 e. The number of nitrogens with zero attached hydrogens (tertiary/aromatic N) is 3. The average molecular weight is 205 g/mol. The Hall–Kier alpha value is -2.00. The standard InChI is InChI=1S/C10H11N3O2/c1-2-9(12-13-11)7-5-3-4-6-8(7)10(14)15/h3-6,9H,2H2,1H3,(H,14,15). The molecule has 0 radical (unpaired) electrons. The highest BCUT2D eigenvalue weighted by Crippen LogP contribution is 2.24. The molecule has 5 heteroatoms. The van der Waals surface area contributed by atoms with Crippen LogP contribution in [0.2, 0.25) is 0 Å². The van der Waals surface area contributed by atoms with E-state index in [9.17, 15) is 4.79 Å². The van der Waals surface area contributed by atoms with Gasteiger partial charge in [0.1, 0.15) is 0 Å². The Bertz CT molecular complexity index is 411. The second kappa shape index (κ2) is 5.02. The number of carboxylic acids is 1. The maximum atomic E-state index is 10.9. The number of azide groups is 1. The number of rotatable bonds is 4. The minimum Gasteiger partial charge on any atom is -0.478 e. The van der Waals surface area contributed by atoms with Crippen LogP contribution in [-0.4, -0.2) is 11.1 Å². The molecule has 1 atom stereocenters. The summed E-state index contributed by atoms with van der Waals surface area (Å²) in [6.07, 6.45) is 0.578. The Kier molecular flexibility index (Phi) is 3.71. The molecule has 0 spiro atoms. The van der Waals surface area contributed by atoms with E-state index in [1.165, 1.54) is 6.07 Å². The summed E-state index contributed by atoms with van der Waals surface area (Å²) in [7, 11) is 0. The molecular weight excluding hydrogens is 194 g/mol. The van der Waals surface area contributed by atoms with Crippen LogP contribution in [0.4, 0.5) is 0 Å². The van der Waals surface area contributed by atoms with Crippen molar-refractivity contribution in [3.8, 4) is 0 Å². The Morgan fingerprint density at radius 1 is 1.60 bits per heavy atom. The zero-order valence-corrected chi connectivity index (χ0v) is 8.29. The van der Waals surface area contributed by atoms with Gasteiger partial charge >= 0.3 is 5.97 Å². The van der Waals surface area contributed by atoms with Crippen LogP contribution >= 0.6 is 0 Å². The van der Waals surface area contributed by atoms with E-state index in [4.69, 9.17) is 10.6 Å². The summed E-state index contributed by atoms with van der Waals surface area (Å²) in [6, 6.07) is 6.15. The van der Waals surface area contributed by atoms with Crippen molar-refractivity contribution in [1.82, 2.24) is 0 Å².